The molecule has 2 amide bonds. The van der Waals surface area contributed by atoms with Gasteiger partial charge in [-0.3, -0.25) is 24.6 Å². The molecule has 0 bridgehead atoms. The number of carbonyl (C=O) groups excluding carboxylic acids is 2. The average Bonchev–Trinajstić information content (AvgIpc) is 2.98. The van der Waals surface area contributed by atoms with Gasteiger partial charge in [-0.05, 0) is 54.5 Å². The van der Waals surface area contributed by atoms with E-state index in [1.54, 1.807) is 12.1 Å². The molecule has 4 N–H and O–H groups in total. The fourth-order valence-electron chi connectivity index (χ4n) is 4.66. The van der Waals surface area contributed by atoms with Gasteiger partial charge < -0.3 is 15.5 Å². The van der Waals surface area contributed by atoms with E-state index in [0.717, 1.165) is 16.7 Å². The van der Waals surface area contributed by atoms with E-state index in [1.165, 1.54) is 11.8 Å². The van der Waals surface area contributed by atoms with E-state index in [2.05, 4.69) is 10.6 Å². The molecule has 0 saturated heterocycles. The van der Waals surface area contributed by atoms with Crippen LogP contribution in [-0.2, 0) is 25.7 Å². The van der Waals surface area contributed by atoms with Gasteiger partial charge in [-0.25, -0.2) is 4.79 Å². The van der Waals surface area contributed by atoms with E-state index in [4.69, 9.17) is 0 Å². The molecule has 9 heteroatoms. The van der Waals surface area contributed by atoms with Gasteiger partial charge in [0.2, 0.25) is 11.8 Å². The molecule has 0 aliphatic carbocycles. The van der Waals surface area contributed by atoms with E-state index in [9.17, 15) is 29.4 Å². The van der Waals surface area contributed by atoms with Crippen LogP contribution < -0.4 is 15.5 Å². The number of carbonyl (C=O) groups is 4. The Morgan fingerprint density at radius 3 is 1.86 bits per heavy atom. The summed E-state index contributed by atoms with van der Waals surface area (Å²) < 4.78 is 0. The average molecular weight is 574 g/mol. The maximum atomic E-state index is 14.0. The molecular formula is C33H39N3O6. The van der Waals surface area contributed by atoms with Gasteiger partial charge in [0.1, 0.15) is 12.1 Å². The smallest absolute Gasteiger partial charge is 0.326 e. The minimum absolute atomic E-state index is 0.00231. The highest BCUT2D eigenvalue weighted by Crippen LogP contribution is 2.26. The highest BCUT2D eigenvalue weighted by molar-refractivity contribution is 6.02. The molecule has 0 heterocycles. The van der Waals surface area contributed by atoms with Crippen molar-refractivity contribution in [2.24, 2.45) is 5.92 Å². The number of hydrogen-bond donors (Lipinski definition) is 4. The standard InChI is InChI=1S/C33H39N3O6/c1-22(2)20-29(35-28(33(41)42)18-19-30(37)34-21-24-10-6-4-7-11-24)31(38)36(23(3)32(39)40)27-16-14-26(15-17-27)25-12-8-5-9-13-25/h4-17,22-23,28-29,35H,18-21H2,1-3H3,(H,34,37)(H,39,40)(H,41,42)/t23-,28-,29-/m0/s1. The molecule has 0 aromatic heterocycles. The first kappa shape index (κ1) is 32.0. The Morgan fingerprint density at radius 2 is 1.31 bits per heavy atom. The van der Waals surface area contributed by atoms with Crippen molar-refractivity contribution in [3.63, 3.8) is 0 Å². The fourth-order valence-corrected chi connectivity index (χ4v) is 4.66. The SMILES string of the molecule is CC(C)C[C@H](N[C@@H](CCC(=O)NCc1ccccc1)C(=O)O)C(=O)N(c1ccc(-c2ccccc2)cc1)[C@@H](C)C(=O)O. The van der Waals surface area contributed by atoms with Crippen molar-refractivity contribution in [1.29, 1.82) is 0 Å². The molecule has 9 nitrogen and oxygen atoms in total. The highest BCUT2D eigenvalue weighted by atomic mass is 16.4. The Kier molecular flexibility index (Phi) is 11.8. The van der Waals surface area contributed by atoms with E-state index >= 15 is 0 Å². The van der Waals surface area contributed by atoms with Crippen LogP contribution in [0.2, 0.25) is 0 Å². The number of nitrogens with zero attached hydrogens (tertiary/aromatic N) is 1. The number of hydrogen-bond acceptors (Lipinski definition) is 5. The number of rotatable bonds is 15. The van der Waals surface area contributed by atoms with Gasteiger partial charge in [0, 0.05) is 18.7 Å². The molecule has 3 aromatic carbocycles. The van der Waals surface area contributed by atoms with Crippen LogP contribution in [0.25, 0.3) is 11.1 Å². The number of carboxylic acids is 2. The molecule has 0 spiro atoms. The van der Waals surface area contributed by atoms with Crippen LogP contribution in [-0.4, -0.2) is 52.1 Å². The summed E-state index contributed by atoms with van der Waals surface area (Å²) in [4.78, 5) is 51.9. The number of aliphatic carboxylic acids is 2. The van der Waals surface area contributed by atoms with Crippen molar-refractivity contribution < 1.29 is 29.4 Å². The van der Waals surface area contributed by atoms with Crippen molar-refractivity contribution in [2.75, 3.05) is 4.90 Å². The zero-order chi connectivity index (χ0) is 30.6. The molecule has 3 atom stereocenters. The first-order chi connectivity index (χ1) is 20.1. The summed E-state index contributed by atoms with van der Waals surface area (Å²) in [6.07, 6.45) is 0.168. The van der Waals surface area contributed by atoms with Crippen LogP contribution in [0, 0.1) is 5.92 Å². The molecule has 42 heavy (non-hydrogen) atoms. The van der Waals surface area contributed by atoms with E-state index in [1.807, 2.05) is 86.6 Å². The van der Waals surface area contributed by atoms with Gasteiger partial charge in [0.25, 0.3) is 0 Å². The van der Waals surface area contributed by atoms with Gasteiger partial charge in [-0.15, -0.1) is 0 Å². The highest BCUT2D eigenvalue weighted by Gasteiger charge is 2.35. The Balaban J connectivity index is 1.78. The summed E-state index contributed by atoms with van der Waals surface area (Å²) in [5, 5.41) is 25.5. The lowest BCUT2D eigenvalue weighted by atomic mass is 9.99. The van der Waals surface area contributed by atoms with Gasteiger partial charge in [-0.1, -0.05) is 86.6 Å². The number of nitrogens with one attached hydrogen (secondary N) is 2. The van der Waals surface area contributed by atoms with Crippen molar-refractivity contribution in [1.82, 2.24) is 10.6 Å². The third-order valence-corrected chi connectivity index (χ3v) is 6.93. The van der Waals surface area contributed by atoms with Crippen LogP contribution in [0.15, 0.2) is 84.9 Å². The normalized spacial score (nSPS) is 13.1. The zero-order valence-corrected chi connectivity index (χ0v) is 24.2. The fraction of sp³-hybridized carbons (Fsp3) is 0.333. The minimum atomic E-state index is -1.21. The number of carboxylic acid groups (broad SMARTS) is 2. The largest absolute Gasteiger partial charge is 0.480 e. The number of anilines is 1. The Bertz CT molecular complexity index is 1330. The quantitative estimate of drug-likeness (QED) is 0.207. The number of amides is 2. The third kappa shape index (κ3) is 9.27. The molecule has 3 rings (SSSR count). The Morgan fingerprint density at radius 1 is 0.738 bits per heavy atom. The van der Waals surface area contributed by atoms with Crippen molar-refractivity contribution >= 4 is 29.4 Å². The van der Waals surface area contributed by atoms with E-state index in [0.29, 0.717) is 12.2 Å². The monoisotopic (exact) mass is 573 g/mol. The molecule has 0 fully saturated rings. The molecule has 222 valence electrons. The second-order valence-corrected chi connectivity index (χ2v) is 10.7. The first-order valence-corrected chi connectivity index (χ1v) is 14.1. The lowest BCUT2D eigenvalue weighted by molar-refractivity contribution is -0.142. The zero-order valence-electron chi connectivity index (χ0n) is 24.2. The molecule has 0 unspecified atom stereocenters. The van der Waals surface area contributed by atoms with Crippen LogP contribution in [0.3, 0.4) is 0 Å². The second-order valence-electron chi connectivity index (χ2n) is 10.7. The van der Waals surface area contributed by atoms with Crippen LogP contribution in [0.1, 0.15) is 45.6 Å². The van der Waals surface area contributed by atoms with Gasteiger partial charge >= 0.3 is 11.9 Å². The predicted molar refractivity (Wildman–Crippen MR) is 162 cm³/mol. The van der Waals surface area contributed by atoms with E-state index in [-0.39, 0.29) is 31.1 Å². The van der Waals surface area contributed by atoms with Crippen LogP contribution in [0.5, 0.6) is 0 Å². The van der Waals surface area contributed by atoms with E-state index < -0.39 is 36.0 Å². The second kappa shape index (κ2) is 15.5. The van der Waals surface area contributed by atoms with Crippen molar-refractivity contribution in [3.8, 4) is 11.1 Å². The first-order valence-electron chi connectivity index (χ1n) is 14.1. The molecule has 0 aliphatic rings. The third-order valence-electron chi connectivity index (χ3n) is 6.93. The molecular weight excluding hydrogens is 534 g/mol. The van der Waals surface area contributed by atoms with Gasteiger partial charge in [0.15, 0.2) is 0 Å². The molecule has 0 saturated carbocycles. The van der Waals surface area contributed by atoms with Crippen molar-refractivity contribution in [3.05, 3.63) is 90.5 Å². The topological polar surface area (TPSA) is 136 Å². The summed E-state index contributed by atoms with van der Waals surface area (Å²) in [6, 6.07) is 22.6. The molecule has 0 aliphatic heterocycles. The maximum Gasteiger partial charge on any atom is 0.326 e. The molecule has 0 radical (unpaired) electrons. The Labute approximate surface area is 246 Å². The summed E-state index contributed by atoms with van der Waals surface area (Å²) in [5.74, 6) is -3.25. The number of benzene rings is 3. The summed E-state index contributed by atoms with van der Waals surface area (Å²) in [7, 11) is 0. The lowest BCUT2D eigenvalue weighted by Gasteiger charge is -2.33. The lowest BCUT2D eigenvalue weighted by Crippen LogP contribution is -2.56. The van der Waals surface area contributed by atoms with Crippen LogP contribution >= 0.6 is 0 Å². The predicted octanol–water partition coefficient (Wildman–Crippen LogP) is 4.71. The summed E-state index contributed by atoms with van der Waals surface area (Å²) >= 11 is 0. The molecule has 3 aromatic rings. The summed E-state index contributed by atoms with van der Waals surface area (Å²) in [6.45, 7) is 5.54. The maximum absolute atomic E-state index is 14.0. The van der Waals surface area contributed by atoms with Crippen LogP contribution in [0.4, 0.5) is 5.69 Å². The van der Waals surface area contributed by atoms with Crippen molar-refractivity contribution in [2.45, 2.75) is 64.7 Å². The Hall–Kier alpha value is -4.50. The van der Waals surface area contributed by atoms with Gasteiger partial charge in [0.05, 0.1) is 6.04 Å². The summed E-state index contributed by atoms with van der Waals surface area (Å²) in [5.41, 5.74) is 3.19. The van der Waals surface area contributed by atoms with Gasteiger partial charge in [-0.2, -0.15) is 0 Å². The minimum Gasteiger partial charge on any atom is -0.480 e.